The molecule has 4 heterocycles. The summed E-state index contributed by atoms with van der Waals surface area (Å²) in [6.45, 7) is 3.78. The summed E-state index contributed by atoms with van der Waals surface area (Å²) in [6.07, 6.45) is 5.60. The Hall–Kier alpha value is -1.37. The molecule has 6 nitrogen and oxygen atoms in total. The number of aromatic nitrogens is 3. The van der Waals surface area contributed by atoms with Gasteiger partial charge in [0.05, 0.1) is 6.54 Å². The highest BCUT2D eigenvalue weighted by molar-refractivity contribution is 5.85. The van der Waals surface area contributed by atoms with E-state index in [0.717, 1.165) is 25.3 Å². The van der Waals surface area contributed by atoms with Crippen LogP contribution < -0.4 is 11.0 Å². The molecule has 2 aliphatic heterocycles. The highest BCUT2D eigenvalue weighted by Crippen LogP contribution is 2.20. The summed E-state index contributed by atoms with van der Waals surface area (Å²) in [6, 6.07) is 6.97. The van der Waals surface area contributed by atoms with Crippen molar-refractivity contribution in [2.45, 2.75) is 37.9 Å². The van der Waals surface area contributed by atoms with Gasteiger partial charge in [-0.25, -0.2) is 9.48 Å². The van der Waals surface area contributed by atoms with Crippen molar-refractivity contribution in [1.82, 2.24) is 24.4 Å². The first kappa shape index (κ1) is 15.5. The topological polar surface area (TPSA) is 54.6 Å². The predicted octanol–water partition coefficient (Wildman–Crippen LogP) is 0.744. The molecule has 2 atom stereocenters. The van der Waals surface area contributed by atoms with E-state index in [0.29, 0.717) is 18.6 Å². The molecule has 0 spiro atoms. The first-order valence-electron chi connectivity index (χ1n) is 7.82. The van der Waals surface area contributed by atoms with Crippen molar-refractivity contribution in [1.29, 1.82) is 0 Å². The van der Waals surface area contributed by atoms with Crippen LogP contribution in [0.1, 0.15) is 19.3 Å². The molecule has 2 aliphatic rings. The number of likely N-dealkylation sites (tertiary alicyclic amines) is 1. The monoisotopic (exact) mass is 323 g/mol. The number of fused-ring (bicyclic) bond motifs is 3. The van der Waals surface area contributed by atoms with Gasteiger partial charge in [0.15, 0.2) is 5.65 Å². The second-order valence-electron chi connectivity index (χ2n) is 6.16. The van der Waals surface area contributed by atoms with Crippen molar-refractivity contribution in [2.24, 2.45) is 0 Å². The Morgan fingerprint density at radius 3 is 2.91 bits per heavy atom. The standard InChI is InChI=1S/C15H21N5O.ClH/c21-15-19-7-2-1-3-14(19)17-20(15)10-9-18-8-6-12-4-5-13(11-18)16-12;/h1-3,7,12-13,16H,4-6,8-11H2;1H. The molecule has 0 amide bonds. The van der Waals surface area contributed by atoms with Crippen LogP contribution in [0.3, 0.4) is 0 Å². The maximum absolute atomic E-state index is 12.2. The van der Waals surface area contributed by atoms with Crippen LogP contribution in [0, 0.1) is 0 Å². The minimum Gasteiger partial charge on any atom is -0.310 e. The fourth-order valence-electron chi connectivity index (χ4n) is 3.57. The molecular weight excluding hydrogens is 302 g/mol. The van der Waals surface area contributed by atoms with Crippen LogP contribution in [0.15, 0.2) is 29.2 Å². The molecule has 22 heavy (non-hydrogen) atoms. The number of rotatable bonds is 3. The lowest BCUT2D eigenvalue weighted by molar-refractivity contribution is 0.244. The quantitative estimate of drug-likeness (QED) is 0.905. The van der Waals surface area contributed by atoms with Crippen LogP contribution >= 0.6 is 12.4 Å². The van der Waals surface area contributed by atoms with Gasteiger partial charge < -0.3 is 5.32 Å². The van der Waals surface area contributed by atoms with Gasteiger partial charge in [-0.2, -0.15) is 0 Å². The average molecular weight is 324 g/mol. The van der Waals surface area contributed by atoms with Crippen molar-refractivity contribution in [2.75, 3.05) is 19.6 Å². The Balaban J connectivity index is 0.00000144. The molecule has 2 fully saturated rings. The number of pyridine rings is 1. The van der Waals surface area contributed by atoms with Crippen molar-refractivity contribution in [3.8, 4) is 0 Å². The number of hydrogen-bond donors (Lipinski definition) is 1. The summed E-state index contributed by atoms with van der Waals surface area (Å²) in [4.78, 5) is 14.7. The van der Waals surface area contributed by atoms with Gasteiger partial charge in [0.1, 0.15) is 0 Å². The summed E-state index contributed by atoms with van der Waals surface area (Å²) < 4.78 is 3.19. The van der Waals surface area contributed by atoms with Crippen molar-refractivity contribution in [3.05, 3.63) is 34.9 Å². The molecule has 120 valence electrons. The lowest BCUT2D eigenvalue weighted by Gasteiger charge is -2.23. The minimum atomic E-state index is -0.0416. The number of hydrogen-bond acceptors (Lipinski definition) is 4. The van der Waals surface area contributed by atoms with E-state index in [1.54, 1.807) is 15.3 Å². The van der Waals surface area contributed by atoms with Gasteiger partial charge in [-0.1, -0.05) is 6.07 Å². The predicted molar refractivity (Wildman–Crippen MR) is 87.7 cm³/mol. The lowest BCUT2D eigenvalue weighted by atomic mass is 10.1. The van der Waals surface area contributed by atoms with E-state index in [1.807, 2.05) is 18.2 Å². The summed E-state index contributed by atoms with van der Waals surface area (Å²) in [5.74, 6) is 0. The Bertz CT molecular complexity index is 697. The zero-order valence-corrected chi connectivity index (χ0v) is 13.3. The molecule has 2 aromatic rings. The smallest absolute Gasteiger partial charge is 0.310 e. The van der Waals surface area contributed by atoms with Crippen molar-refractivity contribution < 1.29 is 0 Å². The maximum atomic E-state index is 12.2. The molecule has 0 aliphatic carbocycles. The van der Waals surface area contributed by atoms with Crippen LogP contribution in [-0.2, 0) is 6.54 Å². The van der Waals surface area contributed by atoms with Crippen LogP contribution in [0.25, 0.3) is 5.65 Å². The van der Waals surface area contributed by atoms with Crippen LogP contribution in [0.2, 0.25) is 0 Å². The second-order valence-corrected chi connectivity index (χ2v) is 6.16. The van der Waals surface area contributed by atoms with Gasteiger partial charge in [0.25, 0.3) is 0 Å². The van der Waals surface area contributed by atoms with E-state index in [9.17, 15) is 4.79 Å². The van der Waals surface area contributed by atoms with E-state index in [4.69, 9.17) is 0 Å². The maximum Gasteiger partial charge on any atom is 0.350 e. The van der Waals surface area contributed by atoms with E-state index in [2.05, 4.69) is 15.3 Å². The molecule has 4 rings (SSSR count). The minimum absolute atomic E-state index is 0. The third-order valence-corrected chi connectivity index (χ3v) is 4.72. The summed E-state index contributed by atoms with van der Waals surface area (Å²) in [7, 11) is 0. The number of nitrogens with zero attached hydrogens (tertiary/aromatic N) is 4. The summed E-state index contributed by atoms with van der Waals surface area (Å²) >= 11 is 0. The number of halogens is 1. The van der Waals surface area contributed by atoms with Crippen molar-refractivity contribution in [3.63, 3.8) is 0 Å². The summed E-state index contributed by atoms with van der Waals surface area (Å²) in [5, 5.41) is 8.08. The molecule has 0 aromatic carbocycles. The van der Waals surface area contributed by atoms with Gasteiger partial charge in [0, 0.05) is 31.4 Å². The van der Waals surface area contributed by atoms with E-state index in [1.165, 1.54) is 19.3 Å². The van der Waals surface area contributed by atoms with Gasteiger partial charge >= 0.3 is 5.69 Å². The second kappa shape index (κ2) is 6.40. The summed E-state index contributed by atoms with van der Waals surface area (Å²) in [5.41, 5.74) is 0.680. The Morgan fingerprint density at radius 2 is 2.05 bits per heavy atom. The first-order chi connectivity index (χ1) is 10.3. The van der Waals surface area contributed by atoms with Crippen LogP contribution in [0.5, 0.6) is 0 Å². The average Bonchev–Trinajstić information content (AvgIpc) is 2.99. The molecule has 1 N–H and O–H groups in total. The largest absolute Gasteiger partial charge is 0.350 e. The Kier molecular flexibility index (Phi) is 4.52. The van der Waals surface area contributed by atoms with Crippen molar-refractivity contribution >= 4 is 18.1 Å². The third-order valence-electron chi connectivity index (χ3n) is 4.72. The highest BCUT2D eigenvalue weighted by atomic mass is 35.5. The zero-order chi connectivity index (χ0) is 14.2. The fourth-order valence-corrected chi connectivity index (χ4v) is 3.57. The van der Waals surface area contributed by atoms with Gasteiger partial charge in [-0.05, 0) is 37.9 Å². The Morgan fingerprint density at radius 1 is 1.18 bits per heavy atom. The first-order valence-corrected chi connectivity index (χ1v) is 7.82. The molecular formula is C15H22ClN5O. The zero-order valence-electron chi connectivity index (χ0n) is 12.5. The van der Waals surface area contributed by atoms with Gasteiger partial charge in [-0.3, -0.25) is 9.30 Å². The molecule has 0 radical (unpaired) electrons. The fraction of sp³-hybridized carbons (Fsp3) is 0.600. The Labute approximate surface area is 135 Å². The van der Waals surface area contributed by atoms with Gasteiger partial charge in [-0.15, -0.1) is 17.5 Å². The molecule has 2 saturated heterocycles. The molecule has 2 bridgehead atoms. The molecule has 2 unspecified atom stereocenters. The van der Waals surface area contributed by atoms with Gasteiger partial charge in [0.2, 0.25) is 0 Å². The third kappa shape index (κ3) is 2.91. The SMILES string of the molecule is Cl.O=c1n(CCN2CCC3CCC(C2)N3)nc2ccccn12. The van der Waals surface area contributed by atoms with Crippen LogP contribution in [0.4, 0.5) is 0 Å². The molecule has 2 aromatic heterocycles. The normalized spacial score (nSPS) is 25.1. The van der Waals surface area contributed by atoms with E-state index < -0.39 is 0 Å². The molecule has 7 heteroatoms. The van der Waals surface area contributed by atoms with E-state index >= 15 is 0 Å². The number of nitrogens with one attached hydrogen (secondary N) is 1. The molecule has 0 saturated carbocycles. The van der Waals surface area contributed by atoms with Crippen LogP contribution in [-0.4, -0.2) is 50.8 Å². The highest BCUT2D eigenvalue weighted by Gasteiger charge is 2.28. The lowest BCUT2D eigenvalue weighted by Crippen LogP contribution is -2.38. The van der Waals surface area contributed by atoms with E-state index in [-0.39, 0.29) is 18.1 Å².